The van der Waals surface area contributed by atoms with Gasteiger partial charge in [-0.3, -0.25) is 4.79 Å². The second kappa shape index (κ2) is 11.1. The molecule has 0 aliphatic carbocycles. The van der Waals surface area contributed by atoms with E-state index in [1.165, 1.54) is 11.6 Å². The predicted molar refractivity (Wildman–Crippen MR) is 136 cm³/mol. The Labute approximate surface area is 205 Å². The number of ether oxygens (including phenoxy) is 1. The SMILES string of the molecule is O=C(/C=C/c1ccc(Cc2nc3ccccc3n2Cc2ccccc2)cc1)NOC1CCCCO1. The fourth-order valence-electron chi connectivity index (χ4n) is 4.27. The molecule has 1 fully saturated rings. The monoisotopic (exact) mass is 467 g/mol. The lowest BCUT2D eigenvalue weighted by Crippen LogP contribution is -2.32. The Hall–Kier alpha value is -3.74. The summed E-state index contributed by atoms with van der Waals surface area (Å²) in [7, 11) is 0. The second-order valence-electron chi connectivity index (χ2n) is 8.72. The molecular formula is C29H29N3O3. The molecule has 1 aromatic heterocycles. The average Bonchev–Trinajstić information content (AvgIpc) is 3.25. The summed E-state index contributed by atoms with van der Waals surface area (Å²) in [6, 6.07) is 26.9. The summed E-state index contributed by atoms with van der Waals surface area (Å²) in [5.74, 6) is 0.720. The van der Waals surface area contributed by atoms with Gasteiger partial charge in [-0.05, 0) is 47.7 Å². The van der Waals surface area contributed by atoms with Gasteiger partial charge in [0.25, 0.3) is 5.91 Å². The van der Waals surface area contributed by atoms with Crippen LogP contribution in [0.15, 0.2) is 84.9 Å². The van der Waals surface area contributed by atoms with Crippen molar-refractivity contribution < 1.29 is 14.4 Å². The van der Waals surface area contributed by atoms with Crippen molar-refractivity contribution in [2.75, 3.05) is 6.61 Å². The van der Waals surface area contributed by atoms with Crippen molar-refractivity contribution in [1.29, 1.82) is 0 Å². The number of imidazole rings is 1. The van der Waals surface area contributed by atoms with Crippen molar-refractivity contribution in [2.45, 2.75) is 38.5 Å². The van der Waals surface area contributed by atoms with Gasteiger partial charge in [0.2, 0.25) is 0 Å². The normalized spacial score (nSPS) is 16.1. The van der Waals surface area contributed by atoms with Gasteiger partial charge in [0, 0.05) is 32.1 Å². The molecule has 178 valence electrons. The third-order valence-corrected chi connectivity index (χ3v) is 6.12. The maximum Gasteiger partial charge on any atom is 0.267 e. The Balaban J connectivity index is 1.24. The Bertz CT molecular complexity index is 1290. The molecule has 1 amide bonds. The molecule has 0 spiro atoms. The fraction of sp³-hybridized carbons (Fsp3) is 0.241. The predicted octanol–water partition coefficient (Wildman–Crippen LogP) is 5.26. The maximum absolute atomic E-state index is 12.1. The molecule has 2 heterocycles. The number of hydrogen-bond donors (Lipinski definition) is 1. The Morgan fingerprint density at radius 2 is 1.80 bits per heavy atom. The molecule has 1 atom stereocenters. The molecule has 4 aromatic rings. The zero-order valence-corrected chi connectivity index (χ0v) is 19.6. The summed E-state index contributed by atoms with van der Waals surface area (Å²) >= 11 is 0. The molecule has 3 aromatic carbocycles. The number of carbonyl (C=O) groups is 1. The molecule has 1 saturated heterocycles. The van der Waals surface area contributed by atoms with Gasteiger partial charge in [0.1, 0.15) is 5.82 Å². The molecule has 0 bridgehead atoms. The summed E-state index contributed by atoms with van der Waals surface area (Å²) in [6.45, 7) is 1.45. The minimum absolute atomic E-state index is 0.308. The van der Waals surface area contributed by atoms with Crippen LogP contribution in [0.3, 0.4) is 0 Å². The number of aromatic nitrogens is 2. The third-order valence-electron chi connectivity index (χ3n) is 6.12. The number of amides is 1. The molecule has 6 heteroatoms. The van der Waals surface area contributed by atoms with Crippen LogP contribution < -0.4 is 5.48 Å². The zero-order chi connectivity index (χ0) is 23.9. The van der Waals surface area contributed by atoms with Crippen molar-refractivity contribution in [2.24, 2.45) is 0 Å². The first-order valence-corrected chi connectivity index (χ1v) is 12.1. The molecule has 5 rings (SSSR count). The molecular weight excluding hydrogens is 438 g/mol. The van der Waals surface area contributed by atoms with Crippen LogP contribution in [0.4, 0.5) is 0 Å². The van der Waals surface area contributed by atoms with Gasteiger partial charge in [0.05, 0.1) is 11.0 Å². The quantitative estimate of drug-likeness (QED) is 0.283. The highest BCUT2D eigenvalue weighted by Crippen LogP contribution is 2.21. The van der Waals surface area contributed by atoms with Gasteiger partial charge in [-0.2, -0.15) is 0 Å². The van der Waals surface area contributed by atoms with Crippen molar-refractivity contribution in [3.63, 3.8) is 0 Å². The first kappa shape index (κ1) is 23.0. The van der Waals surface area contributed by atoms with Crippen LogP contribution in [0.1, 0.15) is 41.8 Å². The van der Waals surface area contributed by atoms with E-state index in [0.717, 1.165) is 60.2 Å². The number of benzene rings is 3. The van der Waals surface area contributed by atoms with Crippen molar-refractivity contribution in [3.05, 3.63) is 107 Å². The highest BCUT2D eigenvalue weighted by atomic mass is 16.8. The minimum atomic E-state index is -0.355. The summed E-state index contributed by atoms with van der Waals surface area (Å²) in [4.78, 5) is 22.3. The summed E-state index contributed by atoms with van der Waals surface area (Å²) < 4.78 is 7.74. The van der Waals surface area contributed by atoms with E-state index < -0.39 is 0 Å². The van der Waals surface area contributed by atoms with Crippen LogP contribution in [0.2, 0.25) is 0 Å². The second-order valence-corrected chi connectivity index (χ2v) is 8.72. The average molecular weight is 468 g/mol. The molecule has 0 radical (unpaired) electrons. The molecule has 1 N–H and O–H groups in total. The summed E-state index contributed by atoms with van der Waals surface area (Å²) in [5, 5.41) is 0. The van der Waals surface area contributed by atoms with Crippen LogP contribution in [0.25, 0.3) is 17.1 Å². The van der Waals surface area contributed by atoms with Crippen LogP contribution in [-0.2, 0) is 27.3 Å². The van der Waals surface area contributed by atoms with E-state index in [-0.39, 0.29) is 12.2 Å². The molecule has 6 nitrogen and oxygen atoms in total. The molecule has 1 aliphatic rings. The van der Waals surface area contributed by atoms with E-state index in [9.17, 15) is 4.79 Å². The van der Waals surface area contributed by atoms with Gasteiger partial charge < -0.3 is 9.30 Å². The number of hydrogen-bond acceptors (Lipinski definition) is 4. The summed E-state index contributed by atoms with van der Waals surface area (Å²) in [6.07, 6.45) is 6.49. The van der Waals surface area contributed by atoms with E-state index in [2.05, 4.69) is 64.6 Å². The largest absolute Gasteiger partial charge is 0.350 e. The Kier molecular flexibility index (Phi) is 7.32. The summed E-state index contributed by atoms with van der Waals surface area (Å²) in [5.41, 5.74) is 7.93. The number of nitrogens with zero attached hydrogens (tertiary/aromatic N) is 2. The number of nitrogens with one attached hydrogen (secondary N) is 1. The van der Waals surface area contributed by atoms with Crippen molar-refractivity contribution in [1.82, 2.24) is 15.0 Å². The number of carbonyl (C=O) groups excluding carboxylic acids is 1. The molecule has 1 unspecified atom stereocenters. The number of para-hydroxylation sites is 2. The van der Waals surface area contributed by atoms with Gasteiger partial charge >= 0.3 is 0 Å². The van der Waals surface area contributed by atoms with Crippen molar-refractivity contribution >= 4 is 23.0 Å². The van der Waals surface area contributed by atoms with E-state index in [0.29, 0.717) is 6.61 Å². The third kappa shape index (κ3) is 6.04. The molecule has 1 aliphatic heterocycles. The van der Waals surface area contributed by atoms with Gasteiger partial charge in [-0.1, -0.05) is 66.7 Å². The maximum atomic E-state index is 12.1. The minimum Gasteiger partial charge on any atom is -0.350 e. The number of rotatable bonds is 8. The van der Waals surface area contributed by atoms with Crippen LogP contribution in [0, 0.1) is 0 Å². The highest BCUT2D eigenvalue weighted by molar-refractivity contribution is 5.90. The van der Waals surface area contributed by atoms with Gasteiger partial charge in [-0.25, -0.2) is 15.3 Å². The van der Waals surface area contributed by atoms with E-state index in [1.807, 2.05) is 24.3 Å². The van der Waals surface area contributed by atoms with Crippen LogP contribution >= 0.6 is 0 Å². The topological polar surface area (TPSA) is 65.4 Å². The van der Waals surface area contributed by atoms with E-state index in [4.69, 9.17) is 14.6 Å². The van der Waals surface area contributed by atoms with Gasteiger partial charge in [-0.15, -0.1) is 0 Å². The zero-order valence-electron chi connectivity index (χ0n) is 19.6. The molecule has 0 saturated carbocycles. The lowest BCUT2D eigenvalue weighted by Gasteiger charge is -2.21. The lowest BCUT2D eigenvalue weighted by atomic mass is 10.1. The van der Waals surface area contributed by atoms with E-state index in [1.54, 1.807) is 6.08 Å². The smallest absolute Gasteiger partial charge is 0.267 e. The number of fused-ring (bicyclic) bond motifs is 1. The lowest BCUT2D eigenvalue weighted by molar-refractivity contribution is -0.198. The first-order valence-electron chi connectivity index (χ1n) is 12.1. The fourth-order valence-corrected chi connectivity index (χ4v) is 4.27. The van der Waals surface area contributed by atoms with Gasteiger partial charge in [0.15, 0.2) is 6.29 Å². The molecule has 35 heavy (non-hydrogen) atoms. The van der Waals surface area contributed by atoms with Crippen LogP contribution in [0.5, 0.6) is 0 Å². The number of hydroxylamine groups is 1. The van der Waals surface area contributed by atoms with Crippen molar-refractivity contribution in [3.8, 4) is 0 Å². The Morgan fingerprint density at radius 1 is 1.00 bits per heavy atom. The highest BCUT2D eigenvalue weighted by Gasteiger charge is 2.15. The Morgan fingerprint density at radius 3 is 2.60 bits per heavy atom. The van der Waals surface area contributed by atoms with Crippen LogP contribution in [-0.4, -0.2) is 28.4 Å². The standard InChI is InChI=1S/C29H29N3O3/c33-28(31-35-29-12-6-7-19-34-29)18-17-22-13-15-23(16-14-22)20-27-30-25-10-4-5-11-26(25)32(27)21-24-8-2-1-3-9-24/h1-5,8-11,13-18,29H,6-7,12,19-21H2,(H,31,33)/b18-17+. The first-order chi connectivity index (χ1) is 17.2. The van der Waals surface area contributed by atoms with E-state index >= 15 is 0 Å².